The van der Waals surface area contributed by atoms with Gasteiger partial charge in [-0.2, -0.15) is 8.42 Å². The third kappa shape index (κ3) is 4.60. The quantitative estimate of drug-likeness (QED) is 0.341. The van der Waals surface area contributed by atoms with Gasteiger partial charge in [0.15, 0.2) is 16.5 Å². The van der Waals surface area contributed by atoms with E-state index in [4.69, 9.17) is 4.98 Å². The molecular formula is C27H29N7O3S. The highest BCUT2D eigenvalue weighted by Gasteiger charge is 2.19. The minimum atomic E-state index is -3.82. The van der Waals surface area contributed by atoms with Gasteiger partial charge < -0.3 is 4.57 Å². The molecule has 0 spiro atoms. The van der Waals surface area contributed by atoms with Gasteiger partial charge in [-0.1, -0.05) is 50.2 Å². The van der Waals surface area contributed by atoms with Crippen molar-refractivity contribution in [2.45, 2.75) is 38.3 Å². The van der Waals surface area contributed by atoms with E-state index in [9.17, 15) is 13.2 Å². The van der Waals surface area contributed by atoms with Crippen molar-refractivity contribution in [1.82, 2.24) is 28.7 Å². The first-order chi connectivity index (χ1) is 18.0. The highest BCUT2D eigenvalue weighted by molar-refractivity contribution is 7.92. The average molecular weight is 532 g/mol. The number of aromatic nitrogens is 6. The molecule has 0 aliphatic heterocycles. The number of hydrogen-bond acceptors (Lipinski definition) is 6. The van der Waals surface area contributed by atoms with Crippen LogP contribution in [0.25, 0.3) is 22.6 Å². The molecule has 38 heavy (non-hydrogen) atoms. The van der Waals surface area contributed by atoms with E-state index >= 15 is 0 Å². The summed E-state index contributed by atoms with van der Waals surface area (Å²) in [6.07, 6.45) is 3.15. The SMILES string of the molecule is Cc1nc(S(=O)(=O)Nc2ccc(Cn3c(=O)n(C)c4cnc(-c5ccccc5C(C)C)nc43)cc2)cn1C. The molecule has 0 saturated heterocycles. The second-order valence-electron chi connectivity index (χ2n) is 9.61. The number of imidazole rings is 2. The van der Waals surface area contributed by atoms with Crippen LogP contribution in [0, 0.1) is 6.92 Å². The fourth-order valence-electron chi connectivity index (χ4n) is 4.38. The number of nitrogens with zero attached hydrogens (tertiary/aromatic N) is 6. The summed E-state index contributed by atoms with van der Waals surface area (Å²) in [5.74, 6) is 1.46. The van der Waals surface area contributed by atoms with E-state index in [2.05, 4.69) is 34.6 Å². The maximum Gasteiger partial charge on any atom is 0.330 e. The molecule has 11 heteroatoms. The Bertz CT molecular complexity index is 1790. The van der Waals surface area contributed by atoms with Crippen LogP contribution in [0.1, 0.15) is 36.7 Å². The molecule has 196 valence electrons. The summed E-state index contributed by atoms with van der Waals surface area (Å²) in [7, 11) is -0.381. The number of rotatable bonds is 7. The molecule has 10 nitrogen and oxygen atoms in total. The normalized spacial score (nSPS) is 11.9. The molecule has 5 rings (SSSR count). The second-order valence-corrected chi connectivity index (χ2v) is 11.2. The predicted molar refractivity (Wildman–Crippen MR) is 147 cm³/mol. The van der Waals surface area contributed by atoms with Crippen molar-refractivity contribution in [2.24, 2.45) is 14.1 Å². The van der Waals surface area contributed by atoms with Crippen LogP contribution in [0.15, 0.2) is 70.7 Å². The first-order valence-electron chi connectivity index (χ1n) is 12.2. The molecule has 3 heterocycles. The van der Waals surface area contributed by atoms with Crippen molar-refractivity contribution in [3.8, 4) is 11.4 Å². The lowest BCUT2D eigenvalue weighted by Gasteiger charge is -2.12. The molecule has 2 aromatic carbocycles. The van der Waals surface area contributed by atoms with Crippen LogP contribution >= 0.6 is 0 Å². The zero-order valence-electron chi connectivity index (χ0n) is 21.9. The number of aryl methyl sites for hydroxylation is 3. The number of benzene rings is 2. The van der Waals surface area contributed by atoms with Crippen molar-refractivity contribution >= 4 is 26.9 Å². The summed E-state index contributed by atoms with van der Waals surface area (Å²) in [5.41, 5.74) is 4.25. The summed E-state index contributed by atoms with van der Waals surface area (Å²) in [6.45, 7) is 6.25. The summed E-state index contributed by atoms with van der Waals surface area (Å²) < 4.78 is 32.7. The number of anilines is 1. The molecule has 0 aliphatic carbocycles. The van der Waals surface area contributed by atoms with E-state index in [1.54, 1.807) is 60.6 Å². The van der Waals surface area contributed by atoms with Gasteiger partial charge in [0.2, 0.25) is 0 Å². The van der Waals surface area contributed by atoms with Crippen LogP contribution in [0.3, 0.4) is 0 Å². The van der Waals surface area contributed by atoms with Gasteiger partial charge in [-0.25, -0.2) is 19.7 Å². The van der Waals surface area contributed by atoms with Crippen LogP contribution in [-0.2, 0) is 30.7 Å². The number of nitrogens with one attached hydrogen (secondary N) is 1. The minimum absolute atomic E-state index is 0.0431. The first kappa shape index (κ1) is 25.4. The number of sulfonamides is 1. The minimum Gasteiger partial charge on any atom is -0.337 e. The predicted octanol–water partition coefficient (Wildman–Crippen LogP) is 3.81. The molecule has 3 aromatic heterocycles. The van der Waals surface area contributed by atoms with Crippen LogP contribution in [-0.4, -0.2) is 37.1 Å². The Kier molecular flexibility index (Phi) is 6.39. The third-order valence-electron chi connectivity index (χ3n) is 6.62. The van der Waals surface area contributed by atoms with Crippen molar-refractivity contribution < 1.29 is 8.42 Å². The van der Waals surface area contributed by atoms with Gasteiger partial charge in [0.1, 0.15) is 11.3 Å². The Hall–Kier alpha value is -4.25. The van der Waals surface area contributed by atoms with Crippen molar-refractivity contribution in [2.75, 3.05) is 4.72 Å². The van der Waals surface area contributed by atoms with Crippen LogP contribution in [0.2, 0.25) is 0 Å². The van der Waals surface area contributed by atoms with Crippen LogP contribution < -0.4 is 10.4 Å². The largest absolute Gasteiger partial charge is 0.337 e. The Morgan fingerprint density at radius 3 is 2.37 bits per heavy atom. The molecule has 0 radical (unpaired) electrons. The monoisotopic (exact) mass is 531 g/mol. The van der Waals surface area contributed by atoms with E-state index < -0.39 is 10.0 Å². The molecule has 0 amide bonds. The maximum absolute atomic E-state index is 13.1. The van der Waals surface area contributed by atoms with Gasteiger partial charge >= 0.3 is 5.69 Å². The van der Waals surface area contributed by atoms with Crippen LogP contribution in [0.4, 0.5) is 5.69 Å². The summed E-state index contributed by atoms with van der Waals surface area (Å²) in [6, 6.07) is 14.9. The lowest BCUT2D eigenvalue weighted by atomic mass is 9.97. The topological polar surface area (TPSA) is 117 Å². The standard InChI is InChI=1S/C27H29N7O3S/c1-17(2)21-8-6-7-9-22(21)25-28-14-23-26(30-25)34(27(35)33(23)5)15-19-10-12-20(13-11-19)31-38(36,37)24-16-32(4)18(3)29-24/h6-14,16-17,31H,15H2,1-5H3. The van der Waals surface area contributed by atoms with Crippen molar-refractivity contribution in [1.29, 1.82) is 0 Å². The number of hydrogen-bond donors (Lipinski definition) is 1. The molecule has 0 saturated carbocycles. The van der Waals surface area contributed by atoms with E-state index in [0.717, 1.165) is 16.7 Å². The molecule has 0 unspecified atom stereocenters. The van der Waals surface area contributed by atoms with Gasteiger partial charge in [0.25, 0.3) is 10.0 Å². The Morgan fingerprint density at radius 1 is 1.00 bits per heavy atom. The molecule has 5 aromatic rings. The van der Waals surface area contributed by atoms with Gasteiger partial charge in [-0.15, -0.1) is 0 Å². The fourth-order valence-corrected chi connectivity index (χ4v) is 5.48. The first-order valence-corrected chi connectivity index (χ1v) is 13.7. The van der Waals surface area contributed by atoms with Gasteiger partial charge in [-0.05, 0) is 36.1 Å². The molecule has 0 fully saturated rings. The zero-order valence-corrected chi connectivity index (χ0v) is 22.7. The summed E-state index contributed by atoms with van der Waals surface area (Å²) in [4.78, 5) is 26.6. The fraction of sp³-hybridized carbons (Fsp3) is 0.259. The maximum atomic E-state index is 13.1. The lowest BCUT2D eigenvalue weighted by molar-refractivity contribution is 0.598. The Morgan fingerprint density at radius 2 is 1.71 bits per heavy atom. The number of fused-ring (bicyclic) bond motifs is 1. The van der Waals surface area contributed by atoms with E-state index in [1.165, 1.54) is 10.8 Å². The van der Waals surface area contributed by atoms with Gasteiger partial charge in [0, 0.05) is 31.5 Å². The highest BCUT2D eigenvalue weighted by Crippen LogP contribution is 2.27. The zero-order chi connectivity index (χ0) is 27.2. The van der Waals surface area contributed by atoms with Crippen molar-refractivity contribution in [3.05, 3.63) is 88.4 Å². The van der Waals surface area contributed by atoms with E-state index in [-0.39, 0.29) is 17.3 Å². The molecule has 0 atom stereocenters. The smallest absolute Gasteiger partial charge is 0.330 e. The van der Waals surface area contributed by atoms with E-state index in [1.807, 2.05) is 18.2 Å². The average Bonchev–Trinajstić information content (AvgIpc) is 3.36. The summed E-state index contributed by atoms with van der Waals surface area (Å²) >= 11 is 0. The molecule has 1 N–H and O–H groups in total. The van der Waals surface area contributed by atoms with Gasteiger partial charge in [0.05, 0.1) is 12.7 Å². The molecular weight excluding hydrogens is 502 g/mol. The van der Waals surface area contributed by atoms with Gasteiger partial charge in [-0.3, -0.25) is 13.9 Å². The second kappa shape index (κ2) is 9.56. The van der Waals surface area contributed by atoms with Crippen molar-refractivity contribution in [3.63, 3.8) is 0 Å². The summed E-state index contributed by atoms with van der Waals surface area (Å²) in [5, 5.41) is -0.0431. The molecule has 0 aliphatic rings. The lowest BCUT2D eigenvalue weighted by Crippen LogP contribution is -2.22. The third-order valence-corrected chi connectivity index (χ3v) is 7.87. The van der Waals surface area contributed by atoms with E-state index in [0.29, 0.717) is 34.4 Å². The Labute approximate surface area is 220 Å². The highest BCUT2D eigenvalue weighted by atomic mass is 32.2. The Balaban J connectivity index is 1.45. The van der Waals surface area contributed by atoms with Crippen LogP contribution in [0.5, 0.6) is 0 Å². The molecule has 0 bridgehead atoms.